The van der Waals surface area contributed by atoms with Crippen molar-refractivity contribution in [3.63, 3.8) is 0 Å². The number of rotatable bonds is 8. The maximum absolute atomic E-state index is 12.9. The summed E-state index contributed by atoms with van der Waals surface area (Å²) >= 11 is 0. The van der Waals surface area contributed by atoms with E-state index in [2.05, 4.69) is 0 Å². The highest BCUT2D eigenvalue weighted by Gasteiger charge is 2.39. The van der Waals surface area contributed by atoms with E-state index in [1.54, 1.807) is 0 Å². The predicted molar refractivity (Wildman–Crippen MR) is 53.3 cm³/mol. The van der Waals surface area contributed by atoms with Gasteiger partial charge in [-0.05, 0) is 0 Å². The molecule has 1 N–H and O–H groups in total. The maximum Gasteiger partial charge on any atom is 0.389 e. The van der Waals surface area contributed by atoms with Gasteiger partial charge in [-0.25, -0.2) is 17.6 Å². The van der Waals surface area contributed by atoms with Crippen molar-refractivity contribution in [3.8, 4) is 0 Å². The fourth-order valence-electron chi connectivity index (χ4n) is 1.25. The van der Waals surface area contributed by atoms with Gasteiger partial charge in [-0.1, -0.05) is 0 Å². The molecule has 0 aliphatic rings. The first-order valence-electron chi connectivity index (χ1n) is 5.72. The Kier molecular flexibility index (Phi) is 6.77. The van der Waals surface area contributed by atoms with Gasteiger partial charge in [0.25, 0.3) is 11.8 Å². The highest BCUT2D eigenvalue weighted by atomic mass is 19.4. The lowest BCUT2D eigenvalue weighted by Gasteiger charge is -2.21. The Balaban J connectivity index is 4.10. The highest BCUT2D eigenvalue weighted by Crippen LogP contribution is 2.30. The molecule has 0 fully saturated rings. The second-order valence-corrected chi connectivity index (χ2v) is 4.55. The lowest BCUT2D eigenvalue weighted by molar-refractivity contribution is -0.153. The minimum atomic E-state index is -4.81. The summed E-state index contributed by atoms with van der Waals surface area (Å²) in [6.45, 7) is -2.94. The van der Waals surface area contributed by atoms with Crippen molar-refractivity contribution >= 4 is 0 Å². The zero-order valence-corrected chi connectivity index (χ0v) is 10.5. The quantitative estimate of drug-likeness (QED) is 0.642. The Morgan fingerprint density at radius 1 is 0.476 bits per heavy atom. The van der Waals surface area contributed by atoms with Crippen LogP contribution in [-0.4, -0.2) is 37.3 Å². The summed E-state index contributed by atoms with van der Waals surface area (Å²) in [5, 5.41) is 1.50. The molecular formula is C10H13F10N. The maximum atomic E-state index is 12.9. The summed E-state index contributed by atoms with van der Waals surface area (Å²) in [4.78, 5) is 0. The summed E-state index contributed by atoms with van der Waals surface area (Å²) in [6.07, 6.45) is -16.4. The number of halogens is 10. The largest absolute Gasteiger partial charge is 0.389 e. The Hall–Kier alpha value is -0.740. The fraction of sp³-hybridized carbons (Fsp3) is 1.00. The summed E-state index contributed by atoms with van der Waals surface area (Å²) < 4.78 is 122. The molecule has 0 aliphatic carbocycles. The van der Waals surface area contributed by atoms with Gasteiger partial charge in [0, 0.05) is 25.7 Å². The molecule has 1 nitrogen and oxygen atoms in total. The minimum absolute atomic E-state index is 1.47. The van der Waals surface area contributed by atoms with Crippen LogP contribution < -0.4 is 5.32 Å². The number of hydrogen-bond donors (Lipinski definition) is 1. The summed E-state index contributed by atoms with van der Waals surface area (Å²) in [7, 11) is 0. The van der Waals surface area contributed by atoms with Gasteiger partial charge in [0.15, 0.2) is 0 Å². The van der Waals surface area contributed by atoms with E-state index >= 15 is 0 Å². The molecule has 0 aromatic heterocycles. The molecule has 128 valence electrons. The van der Waals surface area contributed by atoms with Gasteiger partial charge in [0.1, 0.15) is 0 Å². The third kappa shape index (κ3) is 12.7. The minimum Gasteiger partial charge on any atom is -0.306 e. The van der Waals surface area contributed by atoms with Crippen LogP contribution in [0.3, 0.4) is 0 Å². The molecule has 0 spiro atoms. The molecule has 0 radical (unpaired) electrons. The van der Waals surface area contributed by atoms with E-state index in [1.807, 2.05) is 0 Å². The molecular weight excluding hydrogens is 324 g/mol. The second-order valence-electron chi connectivity index (χ2n) is 4.55. The molecule has 0 heterocycles. The van der Waals surface area contributed by atoms with Gasteiger partial charge in [0.2, 0.25) is 0 Å². The van der Waals surface area contributed by atoms with Gasteiger partial charge in [-0.15, -0.1) is 0 Å². The zero-order valence-electron chi connectivity index (χ0n) is 10.5. The van der Waals surface area contributed by atoms with E-state index in [-0.39, 0.29) is 0 Å². The molecule has 0 aliphatic heterocycles. The molecule has 0 saturated carbocycles. The van der Waals surface area contributed by atoms with E-state index < -0.39 is 63.0 Å². The van der Waals surface area contributed by atoms with Crippen molar-refractivity contribution in [1.29, 1.82) is 0 Å². The van der Waals surface area contributed by atoms with E-state index in [9.17, 15) is 43.9 Å². The first-order chi connectivity index (χ1) is 9.12. The van der Waals surface area contributed by atoms with E-state index in [0.29, 0.717) is 0 Å². The highest BCUT2D eigenvalue weighted by molar-refractivity contribution is 4.76. The third-order valence-corrected chi connectivity index (χ3v) is 2.32. The van der Waals surface area contributed by atoms with Crippen molar-refractivity contribution in [2.75, 3.05) is 13.1 Å². The normalized spacial score (nSPS) is 14.6. The van der Waals surface area contributed by atoms with Crippen LogP contribution in [0, 0.1) is 0 Å². The number of alkyl halides is 10. The van der Waals surface area contributed by atoms with Gasteiger partial charge in [-0.2, -0.15) is 26.3 Å². The molecule has 0 aromatic carbocycles. The molecule has 0 rings (SSSR count). The smallest absolute Gasteiger partial charge is 0.306 e. The topological polar surface area (TPSA) is 12.0 Å². The van der Waals surface area contributed by atoms with E-state index in [1.165, 1.54) is 5.32 Å². The van der Waals surface area contributed by atoms with Crippen LogP contribution in [0.25, 0.3) is 0 Å². The van der Waals surface area contributed by atoms with Crippen LogP contribution in [0.2, 0.25) is 0 Å². The lowest BCUT2D eigenvalue weighted by atomic mass is 10.1. The average molecular weight is 337 g/mol. The standard InChI is InChI=1S/C10H13F10N/c11-7(12,1-3-9(15,16)17)5-21-6-8(13,14)2-4-10(18,19)20/h21H,1-6H2. The van der Waals surface area contributed by atoms with Crippen LogP contribution in [0.5, 0.6) is 0 Å². The number of hydrogen-bond acceptors (Lipinski definition) is 1. The van der Waals surface area contributed by atoms with Crippen LogP contribution in [0.1, 0.15) is 25.7 Å². The van der Waals surface area contributed by atoms with Gasteiger partial charge < -0.3 is 5.32 Å². The Morgan fingerprint density at radius 3 is 1.00 bits per heavy atom. The second kappa shape index (κ2) is 7.01. The average Bonchev–Trinajstić information content (AvgIpc) is 2.22. The molecule has 0 atom stereocenters. The summed E-state index contributed by atoms with van der Waals surface area (Å²) in [5.41, 5.74) is 0. The van der Waals surface area contributed by atoms with Crippen LogP contribution in [-0.2, 0) is 0 Å². The molecule has 11 heteroatoms. The summed E-state index contributed by atoms with van der Waals surface area (Å²) in [6, 6.07) is 0. The van der Waals surface area contributed by atoms with Crippen molar-refractivity contribution in [3.05, 3.63) is 0 Å². The van der Waals surface area contributed by atoms with Gasteiger partial charge >= 0.3 is 12.4 Å². The van der Waals surface area contributed by atoms with Crippen molar-refractivity contribution in [2.24, 2.45) is 0 Å². The van der Waals surface area contributed by atoms with Crippen molar-refractivity contribution < 1.29 is 43.9 Å². The van der Waals surface area contributed by atoms with E-state index in [0.717, 1.165) is 0 Å². The van der Waals surface area contributed by atoms with Crippen LogP contribution in [0.4, 0.5) is 43.9 Å². The molecule has 0 saturated heterocycles. The summed E-state index contributed by atoms with van der Waals surface area (Å²) in [5.74, 6) is -7.76. The third-order valence-electron chi connectivity index (χ3n) is 2.32. The predicted octanol–water partition coefficient (Wildman–Crippen LogP) is 4.53. The zero-order chi connectivity index (χ0) is 16.9. The van der Waals surface area contributed by atoms with E-state index in [4.69, 9.17) is 0 Å². The van der Waals surface area contributed by atoms with Crippen LogP contribution >= 0.6 is 0 Å². The number of nitrogens with one attached hydrogen (secondary N) is 1. The molecule has 0 aromatic rings. The molecule has 0 bridgehead atoms. The van der Waals surface area contributed by atoms with Gasteiger partial charge in [-0.3, -0.25) is 0 Å². The SMILES string of the molecule is FC(F)(F)CCC(F)(F)CNCC(F)(F)CCC(F)(F)F. The molecule has 0 unspecified atom stereocenters. The van der Waals surface area contributed by atoms with Gasteiger partial charge in [0.05, 0.1) is 13.1 Å². The lowest BCUT2D eigenvalue weighted by Crippen LogP contribution is -2.40. The van der Waals surface area contributed by atoms with Crippen LogP contribution in [0.15, 0.2) is 0 Å². The van der Waals surface area contributed by atoms with Crippen molar-refractivity contribution in [1.82, 2.24) is 5.32 Å². The molecule has 21 heavy (non-hydrogen) atoms. The fourth-order valence-corrected chi connectivity index (χ4v) is 1.25. The first kappa shape index (κ1) is 20.3. The Morgan fingerprint density at radius 2 is 0.762 bits per heavy atom. The Bertz CT molecular complexity index is 276. The Labute approximate surface area is 113 Å². The monoisotopic (exact) mass is 337 g/mol. The van der Waals surface area contributed by atoms with Crippen molar-refractivity contribution in [2.45, 2.75) is 49.9 Å². The molecule has 0 amide bonds. The first-order valence-corrected chi connectivity index (χ1v) is 5.72.